The maximum Gasteiger partial charge on any atom is 0.257 e. The van der Waals surface area contributed by atoms with Crippen LogP contribution in [-0.2, 0) is 16.4 Å². The molecule has 8 heteroatoms. The zero-order chi connectivity index (χ0) is 19.4. The van der Waals surface area contributed by atoms with E-state index < -0.39 is 10.0 Å². The first-order chi connectivity index (χ1) is 12.9. The molecule has 0 bridgehead atoms. The number of carbonyl (C=O) groups excluding carboxylic acids is 1. The highest BCUT2D eigenvalue weighted by atomic mass is 32.2. The molecule has 1 N–H and O–H groups in total. The molecule has 6 nitrogen and oxygen atoms in total. The van der Waals surface area contributed by atoms with E-state index in [0.29, 0.717) is 23.8 Å². The van der Waals surface area contributed by atoms with E-state index in [1.807, 2.05) is 13.8 Å². The lowest BCUT2D eigenvalue weighted by atomic mass is 10.2. The van der Waals surface area contributed by atoms with Crippen molar-refractivity contribution in [3.05, 3.63) is 40.4 Å². The number of rotatable bonds is 5. The van der Waals surface area contributed by atoms with Crippen molar-refractivity contribution >= 4 is 32.4 Å². The van der Waals surface area contributed by atoms with Crippen LogP contribution in [0, 0.1) is 6.92 Å². The van der Waals surface area contributed by atoms with Gasteiger partial charge in [0.1, 0.15) is 0 Å². The fourth-order valence-corrected chi connectivity index (χ4v) is 5.67. The maximum atomic E-state index is 12.9. The SMILES string of the molecule is CCc1nc(NC(=O)c2cccc(S(=O)(=O)N3CCCCCC3)c2)sc1C. The normalized spacial score (nSPS) is 16.1. The van der Waals surface area contributed by atoms with Crippen LogP contribution >= 0.6 is 11.3 Å². The van der Waals surface area contributed by atoms with Crippen molar-refractivity contribution in [2.24, 2.45) is 0 Å². The van der Waals surface area contributed by atoms with Crippen LogP contribution in [0.15, 0.2) is 29.2 Å². The van der Waals surface area contributed by atoms with Crippen molar-refractivity contribution in [3.8, 4) is 0 Å². The molecule has 3 rings (SSSR count). The quantitative estimate of drug-likeness (QED) is 0.817. The Labute approximate surface area is 164 Å². The van der Waals surface area contributed by atoms with Crippen molar-refractivity contribution in [1.29, 1.82) is 0 Å². The third-order valence-electron chi connectivity index (χ3n) is 4.75. The lowest BCUT2D eigenvalue weighted by molar-refractivity contribution is 0.102. The van der Waals surface area contributed by atoms with Crippen molar-refractivity contribution in [2.45, 2.75) is 50.8 Å². The van der Waals surface area contributed by atoms with E-state index in [1.165, 1.54) is 21.7 Å². The minimum Gasteiger partial charge on any atom is -0.298 e. The number of thiazole rings is 1. The van der Waals surface area contributed by atoms with E-state index >= 15 is 0 Å². The molecule has 0 radical (unpaired) electrons. The molecule has 2 aromatic rings. The summed E-state index contributed by atoms with van der Waals surface area (Å²) in [5, 5.41) is 3.32. The van der Waals surface area contributed by atoms with E-state index in [-0.39, 0.29) is 10.8 Å². The Morgan fingerprint density at radius 2 is 1.93 bits per heavy atom. The second-order valence-corrected chi connectivity index (χ2v) is 9.82. The summed E-state index contributed by atoms with van der Waals surface area (Å²) in [4.78, 5) is 18.2. The second kappa shape index (κ2) is 8.50. The number of aromatic nitrogens is 1. The number of nitrogens with zero attached hydrogens (tertiary/aromatic N) is 2. The van der Waals surface area contributed by atoms with Gasteiger partial charge in [-0.2, -0.15) is 4.31 Å². The molecule has 1 fully saturated rings. The fraction of sp³-hybridized carbons (Fsp3) is 0.474. The fourth-order valence-electron chi connectivity index (χ4n) is 3.21. The van der Waals surface area contributed by atoms with Gasteiger partial charge in [-0.05, 0) is 44.4 Å². The molecular weight excluding hydrogens is 382 g/mol. The summed E-state index contributed by atoms with van der Waals surface area (Å²) < 4.78 is 27.4. The van der Waals surface area contributed by atoms with Gasteiger partial charge in [0, 0.05) is 23.5 Å². The monoisotopic (exact) mass is 407 g/mol. The van der Waals surface area contributed by atoms with Crippen molar-refractivity contribution in [3.63, 3.8) is 0 Å². The van der Waals surface area contributed by atoms with Crippen LogP contribution in [0.1, 0.15) is 53.5 Å². The van der Waals surface area contributed by atoms with Gasteiger partial charge in [0.25, 0.3) is 5.91 Å². The van der Waals surface area contributed by atoms with Gasteiger partial charge in [0.2, 0.25) is 10.0 Å². The van der Waals surface area contributed by atoms with Crippen LogP contribution in [0.5, 0.6) is 0 Å². The smallest absolute Gasteiger partial charge is 0.257 e. The molecule has 1 aromatic heterocycles. The number of anilines is 1. The van der Waals surface area contributed by atoms with E-state index in [1.54, 1.807) is 18.2 Å². The molecule has 1 saturated heterocycles. The molecule has 1 aliphatic heterocycles. The van der Waals surface area contributed by atoms with E-state index in [4.69, 9.17) is 0 Å². The Hall–Kier alpha value is -1.77. The molecule has 0 atom stereocenters. The number of sulfonamides is 1. The van der Waals surface area contributed by atoms with Gasteiger partial charge in [-0.3, -0.25) is 10.1 Å². The van der Waals surface area contributed by atoms with Crippen LogP contribution in [0.25, 0.3) is 0 Å². The molecule has 1 aliphatic rings. The number of hydrogen-bond acceptors (Lipinski definition) is 5. The summed E-state index contributed by atoms with van der Waals surface area (Å²) in [7, 11) is -3.58. The Kier molecular flexibility index (Phi) is 6.29. The van der Waals surface area contributed by atoms with E-state index in [2.05, 4.69) is 10.3 Å². The van der Waals surface area contributed by atoms with Gasteiger partial charge < -0.3 is 0 Å². The van der Waals surface area contributed by atoms with Gasteiger partial charge in [-0.15, -0.1) is 11.3 Å². The van der Waals surface area contributed by atoms with Crippen LogP contribution in [0.3, 0.4) is 0 Å². The summed E-state index contributed by atoms with van der Waals surface area (Å²) in [5.74, 6) is -0.348. The van der Waals surface area contributed by atoms with Gasteiger partial charge in [-0.1, -0.05) is 25.8 Å². The highest BCUT2D eigenvalue weighted by Crippen LogP contribution is 2.24. The summed E-state index contributed by atoms with van der Waals surface area (Å²) in [6, 6.07) is 6.25. The van der Waals surface area contributed by atoms with Crippen LogP contribution in [0.4, 0.5) is 5.13 Å². The van der Waals surface area contributed by atoms with Gasteiger partial charge in [0.15, 0.2) is 5.13 Å². The van der Waals surface area contributed by atoms with E-state index in [0.717, 1.165) is 42.7 Å². The predicted molar refractivity (Wildman–Crippen MR) is 108 cm³/mol. The van der Waals surface area contributed by atoms with Gasteiger partial charge in [0.05, 0.1) is 10.6 Å². The van der Waals surface area contributed by atoms with E-state index in [9.17, 15) is 13.2 Å². The Morgan fingerprint density at radius 1 is 1.22 bits per heavy atom. The summed E-state index contributed by atoms with van der Waals surface area (Å²) in [6.45, 7) is 5.07. The average Bonchev–Trinajstić information content (AvgIpc) is 2.86. The maximum absolute atomic E-state index is 12.9. The molecule has 2 heterocycles. The Morgan fingerprint density at radius 3 is 2.56 bits per heavy atom. The first kappa shape index (κ1) is 20.0. The van der Waals surface area contributed by atoms with Crippen molar-refractivity contribution < 1.29 is 13.2 Å². The largest absolute Gasteiger partial charge is 0.298 e. The predicted octanol–water partition coefficient (Wildman–Crippen LogP) is 3.83. The molecule has 27 heavy (non-hydrogen) atoms. The number of benzene rings is 1. The van der Waals surface area contributed by atoms with Crippen LogP contribution in [-0.4, -0.2) is 36.7 Å². The lowest BCUT2D eigenvalue weighted by Gasteiger charge is -2.20. The number of hydrogen-bond donors (Lipinski definition) is 1. The molecule has 1 aromatic carbocycles. The van der Waals surface area contributed by atoms with Gasteiger partial charge >= 0.3 is 0 Å². The Balaban J connectivity index is 1.80. The third kappa shape index (κ3) is 4.56. The second-order valence-electron chi connectivity index (χ2n) is 6.68. The average molecular weight is 408 g/mol. The minimum absolute atomic E-state index is 0.168. The molecule has 146 valence electrons. The summed E-state index contributed by atoms with van der Waals surface area (Å²) >= 11 is 1.43. The van der Waals surface area contributed by atoms with Crippen molar-refractivity contribution in [2.75, 3.05) is 18.4 Å². The molecule has 0 aliphatic carbocycles. The molecule has 0 saturated carbocycles. The topological polar surface area (TPSA) is 79.4 Å². The minimum atomic E-state index is -3.58. The van der Waals surface area contributed by atoms with Crippen molar-refractivity contribution in [1.82, 2.24) is 9.29 Å². The standard InChI is InChI=1S/C19H25N3O3S2/c1-3-17-14(2)26-19(20-17)21-18(23)15-9-8-10-16(13-15)27(24,25)22-11-6-4-5-7-12-22/h8-10,13H,3-7,11-12H2,1-2H3,(H,20,21,23). The molecular formula is C19H25N3O3S2. The molecule has 1 amide bonds. The number of carbonyl (C=O) groups is 1. The summed E-state index contributed by atoms with van der Waals surface area (Å²) in [5.41, 5.74) is 1.28. The number of nitrogens with one attached hydrogen (secondary N) is 1. The third-order valence-corrected chi connectivity index (χ3v) is 7.57. The number of aryl methyl sites for hydroxylation is 2. The molecule has 0 spiro atoms. The highest BCUT2D eigenvalue weighted by molar-refractivity contribution is 7.89. The zero-order valence-corrected chi connectivity index (χ0v) is 17.3. The summed E-state index contributed by atoms with van der Waals surface area (Å²) in [6.07, 6.45) is 4.68. The first-order valence-electron chi connectivity index (χ1n) is 9.29. The Bertz CT molecular complexity index is 914. The van der Waals surface area contributed by atoms with Gasteiger partial charge in [-0.25, -0.2) is 13.4 Å². The van der Waals surface area contributed by atoms with Crippen LogP contribution in [0.2, 0.25) is 0 Å². The molecule has 0 unspecified atom stereocenters. The zero-order valence-electron chi connectivity index (χ0n) is 15.7. The number of amides is 1. The van der Waals surface area contributed by atoms with Crippen LogP contribution < -0.4 is 5.32 Å². The highest BCUT2D eigenvalue weighted by Gasteiger charge is 2.26. The first-order valence-corrected chi connectivity index (χ1v) is 11.6. The lowest BCUT2D eigenvalue weighted by Crippen LogP contribution is -2.32.